The summed E-state index contributed by atoms with van der Waals surface area (Å²) in [4.78, 5) is 9.29. The second-order valence-electron chi connectivity index (χ2n) is 5.11. The molecular formula is C14H23N5. The number of nitrogens with zero attached hydrogens (tertiary/aromatic N) is 3. The van der Waals surface area contributed by atoms with Crippen LogP contribution in [0, 0.1) is 19.3 Å². The second-order valence-corrected chi connectivity index (χ2v) is 5.11. The summed E-state index contributed by atoms with van der Waals surface area (Å²) in [5.74, 6) is 0.985. The normalized spacial score (nSPS) is 16.7. The van der Waals surface area contributed by atoms with Gasteiger partial charge in [0.1, 0.15) is 11.7 Å². The molecule has 1 aromatic heterocycles. The topological polar surface area (TPSA) is 69.2 Å². The number of hydrogen-bond donors (Lipinski definition) is 2. The average Bonchev–Trinajstić information content (AvgIpc) is 2.37. The highest BCUT2D eigenvalue weighted by Gasteiger charge is 2.21. The summed E-state index contributed by atoms with van der Waals surface area (Å²) in [6.45, 7) is 11.2. The number of nitrogens with one attached hydrogen (secondary N) is 1. The van der Waals surface area contributed by atoms with Crippen molar-refractivity contribution in [1.29, 1.82) is 5.41 Å². The molecule has 0 bridgehead atoms. The molecule has 0 aromatic carbocycles. The number of pyridine rings is 1. The van der Waals surface area contributed by atoms with E-state index < -0.39 is 0 Å². The standard InChI is InChI=1S/C14H23N5/c1-4-18-5-7-19(8-6-18)14-12(13(15)16)10(2)9-11(3)17-14/h9H,4-8H2,1-3H3,(H3,15,16). The molecule has 1 aromatic rings. The Morgan fingerprint density at radius 2 is 1.95 bits per heavy atom. The molecule has 5 heteroatoms. The van der Waals surface area contributed by atoms with Gasteiger partial charge in [0, 0.05) is 31.9 Å². The number of nitrogens with two attached hydrogens (primary N) is 1. The molecule has 5 nitrogen and oxygen atoms in total. The van der Waals surface area contributed by atoms with Gasteiger partial charge >= 0.3 is 0 Å². The van der Waals surface area contributed by atoms with Gasteiger partial charge in [0.2, 0.25) is 0 Å². The van der Waals surface area contributed by atoms with Gasteiger partial charge in [-0.15, -0.1) is 0 Å². The van der Waals surface area contributed by atoms with Crippen molar-refractivity contribution < 1.29 is 0 Å². The first-order valence-electron chi connectivity index (χ1n) is 6.83. The Morgan fingerprint density at radius 3 is 2.47 bits per heavy atom. The lowest BCUT2D eigenvalue weighted by Crippen LogP contribution is -2.47. The lowest BCUT2D eigenvalue weighted by Gasteiger charge is -2.36. The van der Waals surface area contributed by atoms with Crippen molar-refractivity contribution >= 4 is 11.7 Å². The van der Waals surface area contributed by atoms with Crippen molar-refractivity contribution in [3.8, 4) is 0 Å². The van der Waals surface area contributed by atoms with E-state index in [2.05, 4.69) is 21.7 Å². The molecule has 2 rings (SSSR count). The summed E-state index contributed by atoms with van der Waals surface area (Å²) in [6.07, 6.45) is 0. The number of hydrogen-bond acceptors (Lipinski definition) is 4. The van der Waals surface area contributed by atoms with E-state index in [0.29, 0.717) is 0 Å². The fourth-order valence-corrected chi connectivity index (χ4v) is 2.65. The van der Waals surface area contributed by atoms with Crippen molar-refractivity contribution in [2.45, 2.75) is 20.8 Å². The molecule has 104 valence electrons. The van der Waals surface area contributed by atoms with Gasteiger partial charge < -0.3 is 15.5 Å². The van der Waals surface area contributed by atoms with E-state index in [1.807, 2.05) is 19.9 Å². The Hall–Kier alpha value is -1.62. The van der Waals surface area contributed by atoms with E-state index in [9.17, 15) is 0 Å². The maximum absolute atomic E-state index is 7.78. The quantitative estimate of drug-likeness (QED) is 0.632. The van der Waals surface area contributed by atoms with Crippen LogP contribution >= 0.6 is 0 Å². The number of likely N-dealkylation sites (N-methyl/N-ethyl adjacent to an activating group) is 1. The Balaban J connectivity index is 2.31. The lowest BCUT2D eigenvalue weighted by atomic mass is 10.1. The minimum atomic E-state index is 0.109. The third kappa shape index (κ3) is 2.87. The number of aryl methyl sites for hydroxylation is 2. The number of anilines is 1. The molecule has 1 aliphatic heterocycles. The van der Waals surface area contributed by atoms with Crippen LogP contribution in [0.4, 0.5) is 5.82 Å². The molecule has 0 unspecified atom stereocenters. The number of amidine groups is 1. The predicted octanol–water partition coefficient (Wildman–Crippen LogP) is 1.12. The molecule has 0 amide bonds. The zero-order valence-electron chi connectivity index (χ0n) is 12.0. The van der Waals surface area contributed by atoms with Crippen LogP contribution in [0.15, 0.2) is 6.07 Å². The zero-order valence-corrected chi connectivity index (χ0v) is 12.0. The third-order valence-corrected chi connectivity index (χ3v) is 3.71. The minimum Gasteiger partial charge on any atom is -0.384 e. The molecule has 1 fully saturated rings. The molecule has 0 spiro atoms. The van der Waals surface area contributed by atoms with Crippen molar-refractivity contribution in [3.05, 3.63) is 22.9 Å². The van der Waals surface area contributed by atoms with E-state index in [0.717, 1.165) is 55.4 Å². The second kappa shape index (κ2) is 5.57. The van der Waals surface area contributed by atoms with E-state index in [1.165, 1.54) is 0 Å². The van der Waals surface area contributed by atoms with Gasteiger partial charge in [0.25, 0.3) is 0 Å². The van der Waals surface area contributed by atoms with Crippen molar-refractivity contribution in [1.82, 2.24) is 9.88 Å². The molecule has 3 N–H and O–H groups in total. The summed E-state index contributed by atoms with van der Waals surface area (Å²) in [5.41, 5.74) is 8.54. The predicted molar refractivity (Wildman–Crippen MR) is 79.1 cm³/mol. The molecule has 1 saturated heterocycles. The summed E-state index contributed by atoms with van der Waals surface area (Å²) in [7, 11) is 0. The highest BCUT2D eigenvalue weighted by atomic mass is 15.3. The zero-order chi connectivity index (χ0) is 14.0. The summed E-state index contributed by atoms with van der Waals surface area (Å²) >= 11 is 0. The molecule has 1 aliphatic rings. The Kier molecular flexibility index (Phi) is 4.04. The summed E-state index contributed by atoms with van der Waals surface area (Å²) in [5, 5.41) is 7.78. The largest absolute Gasteiger partial charge is 0.384 e. The van der Waals surface area contributed by atoms with E-state index >= 15 is 0 Å². The van der Waals surface area contributed by atoms with Crippen LogP contribution in [-0.2, 0) is 0 Å². The molecule has 2 heterocycles. The van der Waals surface area contributed by atoms with E-state index in [-0.39, 0.29) is 5.84 Å². The monoisotopic (exact) mass is 261 g/mol. The summed E-state index contributed by atoms with van der Waals surface area (Å²) in [6, 6.07) is 1.99. The van der Waals surface area contributed by atoms with Crippen molar-refractivity contribution in [2.75, 3.05) is 37.6 Å². The number of nitrogen functional groups attached to an aromatic ring is 1. The number of aromatic nitrogens is 1. The molecule has 19 heavy (non-hydrogen) atoms. The summed E-state index contributed by atoms with van der Waals surface area (Å²) < 4.78 is 0. The Labute approximate surface area is 114 Å². The first kappa shape index (κ1) is 13.8. The van der Waals surface area contributed by atoms with E-state index in [4.69, 9.17) is 11.1 Å². The highest BCUT2D eigenvalue weighted by Crippen LogP contribution is 2.23. The van der Waals surface area contributed by atoms with Crippen LogP contribution in [0.5, 0.6) is 0 Å². The average molecular weight is 261 g/mol. The van der Waals surface area contributed by atoms with Crippen molar-refractivity contribution in [3.63, 3.8) is 0 Å². The Bertz CT molecular complexity index is 475. The van der Waals surface area contributed by atoms with Gasteiger partial charge in [-0.1, -0.05) is 6.92 Å². The van der Waals surface area contributed by atoms with Crippen LogP contribution in [0.1, 0.15) is 23.7 Å². The van der Waals surface area contributed by atoms with Crippen LogP contribution in [0.3, 0.4) is 0 Å². The number of piperazine rings is 1. The van der Waals surface area contributed by atoms with Crippen molar-refractivity contribution in [2.24, 2.45) is 5.73 Å². The van der Waals surface area contributed by atoms with Crippen LogP contribution in [0.25, 0.3) is 0 Å². The number of rotatable bonds is 3. The smallest absolute Gasteiger partial charge is 0.140 e. The molecule has 0 radical (unpaired) electrons. The lowest BCUT2D eigenvalue weighted by molar-refractivity contribution is 0.270. The van der Waals surface area contributed by atoms with Gasteiger partial charge in [-0.05, 0) is 32.0 Å². The fourth-order valence-electron chi connectivity index (χ4n) is 2.65. The van der Waals surface area contributed by atoms with Crippen LogP contribution < -0.4 is 10.6 Å². The maximum atomic E-state index is 7.78. The SMILES string of the molecule is CCN1CCN(c2nc(C)cc(C)c2C(=N)N)CC1. The Morgan fingerprint density at radius 1 is 1.32 bits per heavy atom. The maximum Gasteiger partial charge on any atom is 0.140 e. The molecule has 0 atom stereocenters. The molecule has 0 aliphatic carbocycles. The van der Waals surface area contributed by atoms with Crippen LogP contribution in [-0.4, -0.2) is 48.4 Å². The van der Waals surface area contributed by atoms with Gasteiger partial charge in [0.05, 0.1) is 5.56 Å². The van der Waals surface area contributed by atoms with Gasteiger partial charge in [-0.25, -0.2) is 4.98 Å². The first-order valence-corrected chi connectivity index (χ1v) is 6.83. The minimum absolute atomic E-state index is 0.109. The fraction of sp³-hybridized carbons (Fsp3) is 0.571. The third-order valence-electron chi connectivity index (χ3n) is 3.71. The molecule has 0 saturated carbocycles. The van der Waals surface area contributed by atoms with Gasteiger partial charge in [-0.2, -0.15) is 0 Å². The van der Waals surface area contributed by atoms with Crippen LogP contribution in [0.2, 0.25) is 0 Å². The van der Waals surface area contributed by atoms with Gasteiger partial charge in [-0.3, -0.25) is 5.41 Å². The first-order chi connectivity index (χ1) is 9.02. The molecular weight excluding hydrogens is 238 g/mol. The highest BCUT2D eigenvalue weighted by molar-refractivity contribution is 6.01. The van der Waals surface area contributed by atoms with E-state index in [1.54, 1.807) is 0 Å². The van der Waals surface area contributed by atoms with Gasteiger partial charge in [0.15, 0.2) is 0 Å².